The monoisotopic (exact) mass is 447 g/mol. The third kappa shape index (κ3) is 6.40. The normalized spacial score (nSPS) is 16.2. The number of Topliss-reactive ketones (excluding diaryl/α,β-unsaturated/α-hetero) is 2. The highest BCUT2D eigenvalue weighted by molar-refractivity contribution is 6.38. The molecule has 0 spiro atoms. The molecule has 33 heavy (non-hydrogen) atoms. The molecule has 1 fully saturated rings. The Balaban J connectivity index is 1.75. The van der Waals surface area contributed by atoms with Gasteiger partial charge in [-0.2, -0.15) is 0 Å². The quantitative estimate of drug-likeness (QED) is 0.431. The third-order valence-corrected chi connectivity index (χ3v) is 7.19. The second-order valence-electron chi connectivity index (χ2n) is 9.87. The first-order valence-corrected chi connectivity index (χ1v) is 12.3. The highest BCUT2D eigenvalue weighted by Crippen LogP contribution is 2.29. The van der Waals surface area contributed by atoms with Crippen molar-refractivity contribution in [2.24, 2.45) is 11.3 Å². The van der Waals surface area contributed by atoms with E-state index in [9.17, 15) is 14.4 Å². The SMILES string of the molecule is CCC(C)(C)C(=O)C(=O)N1CCC[C@H]1C(=O)C(CCc1ccccc1)CCc1ccccc1. The van der Waals surface area contributed by atoms with E-state index in [2.05, 4.69) is 24.3 Å². The molecule has 0 N–H and O–H groups in total. The molecule has 3 rings (SSSR count). The lowest BCUT2D eigenvalue weighted by molar-refractivity contribution is -0.151. The van der Waals surface area contributed by atoms with Crippen LogP contribution in [0.2, 0.25) is 0 Å². The standard InChI is InChI=1S/C29H37NO3/c1-4-29(2,3)27(32)28(33)30-21-11-16-25(30)26(31)24(19-17-22-12-7-5-8-13-22)20-18-23-14-9-6-10-15-23/h5-10,12-15,24-25H,4,11,16-21H2,1-3H3/t25-/m0/s1. The van der Waals surface area contributed by atoms with Gasteiger partial charge in [-0.1, -0.05) is 81.4 Å². The lowest BCUT2D eigenvalue weighted by Gasteiger charge is -2.29. The Kier molecular flexibility index (Phi) is 8.60. The van der Waals surface area contributed by atoms with Gasteiger partial charge < -0.3 is 4.90 Å². The van der Waals surface area contributed by atoms with E-state index in [-0.39, 0.29) is 17.5 Å². The fraction of sp³-hybridized carbons (Fsp3) is 0.483. The minimum absolute atomic E-state index is 0.120. The molecule has 2 aromatic carbocycles. The Morgan fingerprint density at radius 1 is 0.909 bits per heavy atom. The van der Waals surface area contributed by atoms with Crippen LogP contribution in [0.5, 0.6) is 0 Å². The van der Waals surface area contributed by atoms with E-state index in [0.717, 1.165) is 32.1 Å². The van der Waals surface area contributed by atoms with Crippen LogP contribution >= 0.6 is 0 Å². The summed E-state index contributed by atoms with van der Waals surface area (Å²) in [6, 6.07) is 20.0. The largest absolute Gasteiger partial charge is 0.326 e. The van der Waals surface area contributed by atoms with Crippen LogP contribution in [-0.4, -0.2) is 35.0 Å². The summed E-state index contributed by atoms with van der Waals surface area (Å²) >= 11 is 0. The average Bonchev–Trinajstić information content (AvgIpc) is 3.34. The van der Waals surface area contributed by atoms with Gasteiger partial charge in [0.1, 0.15) is 0 Å². The Labute approximate surface area is 198 Å². The summed E-state index contributed by atoms with van der Waals surface area (Å²) in [6.45, 7) is 6.02. The maximum Gasteiger partial charge on any atom is 0.291 e. The molecule has 1 aliphatic heterocycles. The van der Waals surface area contributed by atoms with Crippen LogP contribution in [0.4, 0.5) is 0 Å². The fourth-order valence-corrected chi connectivity index (χ4v) is 4.56. The molecule has 0 radical (unpaired) electrons. The van der Waals surface area contributed by atoms with E-state index in [0.29, 0.717) is 19.4 Å². The van der Waals surface area contributed by atoms with Crippen LogP contribution < -0.4 is 0 Å². The number of hydrogen-bond acceptors (Lipinski definition) is 3. The predicted molar refractivity (Wildman–Crippen MR) is 132 cm³/mol. The lowest BCUT2D eigenvalue weighted by atomic mass is 9.83. The van der Waals surface area contributed by atoms with Gasteiger partial charge in [0.25, 0.3) is 5.91 Å². The number of rotatable bonds is 11. The molecule has 0 aliphatic carbocycles. The number of likely N-dealkylation sites (tertiary alicyclic amines) is 1. The Morgan fingerprint density at radius 3 is 1.91 bits per heavy atom. The third-order valence-electron chi connectivity index (χ3n) is 7.19. The Morgan fingerprint density at radius 2 is 1.42 bits per heavy atom. The molecule has 1 amide bonds. The number of carbonyl (C=O) groups is 3. The van der Waals surface area contributed by atoms with Crippen molar-refractivity contribution in [3.05, 3.63) is 71.8 Å². The van der Waals surface area contributed by atoms with Gasteiger partial charge in [0.15, 0.2) is 5.78 Å². The molecule has 4 heteroatoms. The molecule has 0 bridgehead atoms. The molecular weight excluding hydrogens is 410 g/mol. The first kappa shape index (κ1) is 24.9. The highest BCUT2D eigenvalue weighted by atomic mass is 16.2. The first-order valence-electron chi connectivity index (χ1n) is 12.3. The van der Waals surface area contributed by atoms with E-state index in [4.69, 9.17) is 0 Å². The highest BCUT2D eigenvalue weighted by Gasteiger charge is 2.42. The van der Waals surface area contributed by atoms with E-state index in [1.54, 1.807) is 4.90 Å². The summed E-state index contributed by atoms with van der Waals surface area (Å²) in [7, 11) is 0. The number of benzene rings is 2. The smallest absolute Gasteiger partial charge is 0.291 e. The molecular formula is C29H37NO3. The molecule has 2 aromatic rings. The zero-order valence-corrected chi connectivity index (χ0v) is 20.3. The van der Waals surface area contributed by atoms with Crippen molar-refractivity contribution < 1.29 is 14.4 Å². The van der Waals surface area contributed by atoms with Crippen molar-refractivity contribution in [3.63, 3.8) is 0 Å². The van der Waals surface area contributed by atoms with E-state index in [1.165, 1.54) is 11.1 Å². The minimum Gasteiger partial charge on any atom is -0.326 e. The number of carbonyl (C=O) groups excluding carboxylic acids is 3. The van der Waals surface area contributed by atoms with Gasteiger partial charge in [-0.05, 0) is 56.1 Å². The van der Waals surface area contributed by atoms with Crippen LogP contribution in [0.3, 0.4) is 0 Å². The molecule has 1 aliphatic rings. The van der Waals surface area contributed by atoms with Crippen molar-refractivity contribution in [1.29, 1.82) is 0 Å². The summed E-state index contributed by atoms with van der Waals surface area (Å²) in [6.07, 6.45) is 5.18. The molecule has 1 atom stereocenters. The first-order chi connectivity index (χ1) is 15.8. The lowest BCUT2D eigenvalue weighted by Crippen LogP contribution is -2.48. The van der Waals surface area contributed by atoms with Gasteiger partial charge >= 0.3 is 0 Å². The van der Waals surface area contributed by atoms with Gasteiger partial charge in [0.05, 0.1) is 6.04 Å². The minimum atomic E-state index is -0.701. The zero-order valence-electron chi connectivity index (χ0n) is 20.3. The number of ketones is 2. The van der Waals surface area contributed by atoms with Crippen LogP contribution in [0, 0.1) is 11.3 Å². The summed E-state index contributed by atoms with van der Waals surface area (Å²) in [5.74, 6) is -0.884. The molecule has 0 unspecified atom stereocenters. The van der Waals surface area contributed by atoms with Gasteiger partial charge in [0, 0.05) is 17.9 Å². The summed E-state index contributed by atoms with van der Waals surface area (Å²) < 4.78 is 0. The molecule has 0 saturated carbocycles. The van der Waals surface area contributed by atoms with E-state index < -0.39 is 17.4 Å². The average molecular weight is 448 g/mol. The number of aryl methyl sites for hydroxylation is 2. The van der Waals surface area contributed by atoms with Crippen molar-refractivity contribution in [3.8, 4) is 0 Å². The summed E-state index contributed by atoms with van der Waals surface area (Å²) in [5.41, 5.74) is 1.73. The molecule has 1 saturated heterocycles. The number of nitrogens with zero attached hydrogens (tertiary/aromatic N) is 1. The molecule has 176 valence electrons. The van der Waals surface area contributed by atoms with Crippen molar-refractivity contribution >= 4 is 17.5 Å². The second-order valence-corrected chi connectivity index (χ2v) is 9.87. The van der Waals surface area contributed by atoms with Crippen LogP contribution in [-0.2, 0) is 27.2 Å². The molecule has 4 nitrogen and oxygen atoms in total. The topological polar surface area (TPSA) is 54.5 Å². The Hall–Kier alpha value is -2.75. The van der Waals surface area contributed by atoms with Crippen molar-refractivity contribution in [2.75, 3.05) is 6.54 Å². The van der Waals surface area contributed by atoms with E-state index in [1.807, 2.05) is 57.2 Å². The van der Waals surface area contributed by atoms with Crippen molar-refractivity contribution in [2.45, 2.75) is 71.8 Å². The molecule has 1 heterocycles. The van der Waals surface area contributed by atoms with Crippen LogP contribution in [0.25, 0.3) is 0 Å². The van der Waals surface area contributed by atoms with Crippen LogP contribution in [0.15, 0.2) is 60.7 Å². The maximum atomic E-state index is 13.7. The number of amides is 1. The second kappa shape index (κ2) is 11.4. The van der Waals surface area contributed by atoms with Crippen LogP contribution in [0.1, 0.15) is 64.0 Å². The summed E-state index contributed by atoms with van der Waals surface area (Å²) in [5, 5.41) is 0. The van der Waals surface area contributed by atoms with Gasteiger partial charge in [0.2, 0.25) is 5.78 Å². The van der Waals surface area contributed by atoms with Gasteiger partial charge in [-0.15, -0.1) is 0 Å². The van der Waals surface area contributed by atoms with Gasteiger partial charge in [-0.3, -0.25) is 14.4 Å². The Bertz CT molecular complexity index is 892. The fourth-order valence-electron chi connectivity index (χ4n) is 4.56. The predicted octanol–water partition coefficient (Wildman–Crippen LogP) is 5.43. The van der Waals surface area contributed by atoms with Gasteiger partial charge in [-0.25, -0.2) is 0 Å². The molecule has 0 aromatic heterocycles. The van der Waals surface area contributed by atoms with Crippen molar-refractivity contribution in [1.82, 2.24) is 4.90 Å². The number of hydrogen-bond donors (Lipinski definition) is 0. The maximum absolute atomic E-state index is 13.7. The van der Waals surface area contributed by atoms with E-state index >= 15 is 0 Å². The zero-order chi connectivity index (χ0) is 23.8. The summed E-state index contributed by atoms with van der Waals surface area (Å²) in [4.78, 5) is 41.2.